The predicted molar refractivity (Wildman–Crippen MR) is 55.8 cm³/mol. The lowest BCUT2D eigenvalue weighted by Crippen LogP contribution is -2.34. The van der Waals surface area contributed by atoms with Gasteiger partial charge in [0.15, 0.2) is 0 Å². The van der Waals surface area contributed by atoms with Crippen LogP contribution in [0.25, 0.3) is 0 Å². The number of nitrogens with zero attached hydrogens (tertiary/aromatic N) is 1. The standard InChI is InChI=1S/C10H11NO2.ClH/c12-10(13)11-6-5-8-3-1-2-4-9(8)7-11;/h1-4H,5-7H2,(H,12,13);1H. The zero-order valence-electron chi connectivity index (χ0n) is 7.64. The Morgan fingerprint density at radius 3 is 2.57 bits per heavy atom. The summed E-state index contributed by atoms with van der Waals surface area (Å²) >= 11 is 0. The second-order valence-corrected chi connectivity index (χ2v) is 3.22. The molecule has 1 aromatic carbocycles. The fourth-order valence-corrected chi connectivity index (χ4v) is 1.66. The van der Waals surface area contributed by atoms with Crippen LogP contribution in [0.2, 0.25) is 0 Å². The third-order valence-corrected chi connectivity index (χ3v) is 2.40. The van der Waals surface area contributed by atoms with E-state index in [-0.39, 0.29) is 12.4 Å². The smallest absolute Gasteiger partial charge is 0.407 e. The van der Waals surface area contributed by atoms with Gasteiger partial charge in [0.2, 0.25) is 0 Å². The maximum absolute atomic E-state index is 10.7. The molecular formula is C10H12ClNO2. The third-order valence-electron chi connectivity index (χ3n) is 2.40. The topological polar surface area (TPSA) is 40.5 Å². The molecule has 1 amide bonds. The highest BCUT2D eigenvalue weighted by molar-refractivity contribution is 5.85. The molecule has 1 aromatic rings. The summed E-state index contributed by atoms with van der Waals surface area (Å²) < 4.78 is 0. The molecule has 0 aromatic heterocycles. The van der Waals surface area contributed by atoms with Gasteiger partial charge >= 0.3 is 6.09 Å². The normalized spacial score (nSPS) is 14.1. The first kappa shape index (κ1) is 10.9. The van der Waals surface area contributed by atoms with Crippen LogP contribution in [0, 0.1) is 0 Å². The molecule has 0 aliphatic carbocycles. The van der Waals surface area contributed by atoms with Crippen LogP contribution in [0.3, 0.4) is 0 Å². The third kappa shape index (κ3) is 1.99. The van der Waals surface area contributed by atoms with Crippen molar-refractivity contribution >= 4 is 18.5 Å². The Hall–Kier alpha value is -1.22. The summed E-state index contributed by atoms with van der Waals surface area (Å²) in [6.45, 7) is 1.15. The minimum absolute atomic E-state index is 0. The van der Waals surface area contributed by atoms with Crippen LogP contribution >= 0.6 is 12.4 Å². The Bertz CT molecular complexity index is 341. The summed E-state index contributed by atoms with van der Waals surface area (Å²) in [6, 6.07) is 8.00. The van der Waals surface area contributed by atoms with Crippen LogP contribution in [0.4, 0.5) is 4.79 Å². The number of benzene rings is 1. The van der Waals surface area contributed by atoms with Gasteiger partial charge in [-0.2, -0.15) is 0 Å². The molecule has 1 heterocycles. The van der Waals surface area contributed by atoms with Crippen molar-refractivity contribution < 1.29 is 9.90 Å². The molecule has 0 unspecified atom stereocenters. The van der Waals surface area contributed by atoms with E-state index >= 15 is 0 Å². The van der Waals surface area contributed by atoms with Gasteiger partial charge in [-0.3, -0.25) is 0 Å². The molecule has 76 valence electrons. The minimum Gasteiger partial charge on any atom is -0.465 e. The molecule has 0 saturated heterocycles. The molecular weight excluding hydrogens is 202 g/mol. The van der Waals surface area contributed by atoms with E-state index in [1.54, 1.807) is 0 Å². The van der Waals surface area contributed by atoms with Crippen molar-refractivity contribution in [3.63, 3.8) is 0 Å². The van der Waals surface area contributed by atoms with E-state index in [1.807, 2.05) is 18.2 Å². The molecule has 0 spiro atoms. The van der Waals surface area contributed by atoms with E-state index in [0.29, 0.717) is 13.1 Å². The average Bonchev–Trinajstić information content (AvgIpc) is 2.17. The number of hydrogen-bond acceptors (Lipinski definition) is 1. The van der Waals surface area contributed by atoms with Gasteiger partial charge in [0, 0.05) is 13.1 Å². The SMILES string of the molecule is Cl.O=C(O)N1CCc2ccccc2C1. The van der Waals surface area contributed by atoms with Gasteiger partial charge in [-0.25, -0.2) is 4.79 Å². The van der Waals surface area contributed by atoms with Crippen molar-refractivity contribution in [3.8, 4) is 0 Å². The number of carbonyl (C=O) groups is 1. The Balaban J connectivity index is 0.000000980. The van der Waals surface area contributed by atoms with Crippen molar-refractivity contribution in [3.05, 3.63) is 35.4 Å². The highest BCUT2D eigenvalue weighted by Gasteiger charge is 2.18. The molecule has 4 heteroatoms. The van der Waals surface area contributed by atoms with Gasteiger partial charge in [0.05, 0.1) is 0 Å². The fourth-order valence-electron chi connectivity index (χ4n) is 1.66. The fraction of sp³-hybridized carbons (Fsp3) is 0.300. The van der Waals surface area contributed by atoms with E-state index in [2.05, 4.69) is 6.07 Å². The Kier molecular flexibility index (Phi) is 3.36. The second kappa shape index (κ2) is 4.33. The number of amides is 1. The zero-order valence-corrected chi connectivity index (χ0v) is 8.46. The summed E-state index contributed by atoms with van der Waals surface area (Å²) in [5.41, 5.74) is 2.41. The van der Waals surface area contributed by atoms with Crippen LogP contribution < -0.4 is 0 Å². The first-order chi connectivity index (χ1) is 6.27. The molecule has 0 fully saturated rings. The van der Waals surface area contributed by atoms with Gasteiger partial charge in [0.25, 0.3) is 0 Å². The first-order valence-corrected chi connectivity index (χ1v) is 4.32. The number of halogens is 1. The molecule has 1 aliphatic heterocycles. The summed E-state index contributed by atoms with van der Waals surface area (Å²) in [5.74, 6) is 0. The Labute approximate surface area is 88.8 Å². The second-order valence-electron chi connectivity index (χ2n) is 3.22. The summed E-state index contributed by atoms with van der Waals surface area (Å²) in [7, 11) is 0. The molecule has 0 atom stereocenters. The molecule has 3 nitrogen and oxygen atoms in total. The molecule has 0 bridgehead atoms. The van der Waals surface area contributed by atoms with Crippen LogP contribution in [0.15, 0.2) is 24.3 Å². The van der Waals surface area contributed by atoms with Crippen LogP contribution in [0.5, 0.6) is 0 Å². The van der Waals surface area contributed by atoms with E-state index in [0.717, 1.165) is 12.0 Å². The average molecular weight is 214 g/mol. The van der Waals surface area contributed by atoms with Crippen molar-refractivity contribution in [2.24, 2.45) is 0 Å². The summed E-state index contributed by atoms with van der Waals surface area (Å²) in [5, 5.41) is 8.79. The summed E-state index contributed by atoms with van der Waals surface area (Å²) in [6.07, 6.45) is 0.0113. The minimum atomic E-state index is -0.825. The van der Waals surface area contributed by atoms with E-state index in [4.69, 9.17) is 5.11 Å². The van der Waals surface area contributed by atoms with Crippen molar-refractivity contribution in [2.45, 2.75) is 13.0 Å². The molecule has 0 saturated carbocycles. The van der Waals surface area contributed by atoms with E-state index in [1.165, 1.54) is 10.5 Å². The quantitative estimate of drug-likeness (QED) is 0.718. The van der Waals surface area contributed by atoms with Crippen LogP contribution in [-0.2, 0) is 13.0 Å². The number of hydrogen-bond donors (Lipinski definition) is 1. The lowest BCUT2D eigenvalue weighted by Gasteiger charge is -2.26. The van der Waals surface area contributed by atoms with E-state index in [9.17, 15) is 4.79 Å². The van der Waals surface area contributed by atoms with Crippen LogP contribution in [-0.4, -0.2) is 22.6 Å². The Morgan fingerprint density at radius 1 is 1.29 bits per heavy atom. The maximum atomic E-state index is 10.7. The largest absolute Gasteiger partial charge is 0.465 e. The molecule has 2 rings (SSSR count). The zero-order chi connectivity index (χ0) is 9.26. The summed E-state index contributed by atoms with van der Waals surface area (Å²) in [4.78, 5) is 12.1. The highest BCUT2D eigenvalue weighted by Crippen LogP contribution is 2.17. The van der Waals surface area contributed by atoms with Crippen LogP contribution in [0.1, 0.15) is 11.1 Å². The predicted octanol–water partition coefficient (Wildman–Crippen LogP) is 2.14. The number of carboxylic acid groups (broad SMARTS) is 1. The molecule has 14 heavy (non-hydrogen) atoms. The Morgan fingerprint density at radius 2 is 1.93 bits per heavy atom. The molecule has 1 N–H and O–H groups in total. The van der Waals surface area contributed by atoms with Crippen molar-refractivity contribution in [1.29, 1.82) is 0 Å². The lowest BCUT2D eigenvalue weighted by molar-refractivity contribution is 0.140. The van der Waals surface area contributed by atoms with Gasteiger partial charge in [-0.05, 0) is 17.5 Å². The number of rotatable bonds is 0. The van der Waals surface area contributed by atoms with Gasteiger partial charge < -0.3 is 10.0 Å². The van der Waals surface area contributed by atoms with Gasteiger partial charge in [0.1, 0.15) is 0 Å². The maximum Gasteiger partial charge on any atom is 0.407 e. The van der Waals surface area contributed by atoms with Crippen molar-refractivity contribution in [2.75, 3.05) is 6.54 Å². The van der Waals surface area contributed by atoms with Gasteiger partial charge in [-0.15, -0.1) is 12.4 Å². The first-order valence-electron chi connectivity index (χ1n) is 4.32. The highest BCUT2D eigenvalue weighted by atomic mass is 35.5. The van der Waals surface area contributed by atoms with Gasteiger partial charge in [-0.1, -0.05) is 24.3 Å². The molecule has 1 aliphatic rings. The monoisotopic (exact) mass is 213 g/mol. The van der Waals surface area contributed by atoms with Crippen molar-refractivity contribution in [1.82, 2.24) is 4.90 Å². The lowest BCUT2D eigenvalue weighted by atomic mass is 10.0. The van der Waals surface area contributed by atoms with E-state index < -0.39 is 6.09 Å². The number of fused-ring (bicyclic) bond motifs is 1. The molecule has 0 radical (unpaired) electrons.